The second-order valence-electron chi connectivity index (χ2n) is 6.50. The van der Waals surface area contributed by atoms with Gasteiger partial charge in [-0.05, 0) is 29.3 Å². The van der Waals surface area contributed by atoms with E-state index < -0.39 is 23.6 Å². The molecule has 7 heteroatoms. The highest BCUT2D eigenvalue weighted by molar-refractivity contribution is 6.08. The Hall–Kier alpha value is -3.48. The van der Waals surface area contributed by atoms with E-state index >= 15 is 0 Å². The first-order valence-corrected chi connectivity index (χ1v) is 8.51. The van der Waals surface area contributed by atoms with Crippen LogP contribution in [0.2, 0.25) is 0 Å². The van der Waals surface area contributed by atoms with Crippen LogP contribution in [0.25, 0.3) is 11.3 Å². The molecule has 0 spiro atoms. The van der Waals surface area contributed by atoms with Crippen LogP contribution in [0.3, 0.4) is 0 Å². The van der Waals surface area contributed by atoms with Gasteiger partial charge in [-0.1, -0.05) is 24.3 Å². The van der Waals surface area contributed by atoms with Gasteiger partial charge >= 0.3 is 11.9 Å². The minimum absolute atomic E-state index is 0.0655. The van der Waals surface area contributed by atoms with Crippen LogP contribution in [0.4, 0.5) is 8.78 Å². The van der Waals surface area contributed by atoms with Crippen LogP contribution in [0.5, 0.6) is 0 Å². The summed E-state index contributed by atoms with van der Waals surface area (Å²) >= 11 is 0. The molecular formula is C21H15F2NO4. The van der Waals surface area contributed by atoms with Crippen molar-refractivity contribution in [1.82, 2.24) is 4.57 Å². The summed E-state index contributed by atoms with van der Waals surface area (Å²) in [6.45, 7) is 0.303. The van der Waals surface area contributed by atoms with E-state index in [1.165, 1.54) is 13.2 Å². The number of hydrogen-bond donors (Lipinski definition) is 1. The maximum Gasteiger partial charge on any atom is 0.340 e. The molecule has 0 saturated heterocycles. The quantitative estimate of drug-likeness (QED) is 0.546. The first-order chi connectivity index (χ1) is 13.4. The van der Waals surface area contributed by atoms with E-state index in [2.05, 4.69) is 0 Å². The van der Waals surface area contributed by atoms with Crippen LogP contribution in [0.15, 0.2) is 42.5 Å². The van der Waals surface area contributed by atoms with Gasteiger partial charge in [0.25, 0.3) is 0 Å². The van der Waals surface area contributed by atoms with E-state index in [4.69, 9.17) is 4.74 Å². The fourth-order valence-electron chi connectivity index (χ4n) is 3.73. The minimum Gasteiger partial charge on any atom is -0.478 e. The van der Waals surface area contributed by atoms with E-state index in [9.17, 15) is 23.5 Å². The highest BCUT2D eigenvalue weighted by atomic mass is 19.2. The van der Waals surface area contributed by atoms with Gasteiger partial charge in [-0.3, -0.25) is 0 Å². The fraction of sp³-hybridized carbons (Fsp3) is 0.143. The predicted octanol–water partition coefficient (Wildman–Crippen LogP) is 3.87. The van der Waals surface area contributed by atoms with Crippen molar-refractivity contribution in [2.45, 2.75) is 13.0 Å². The summed E-state index contributed by atoms with van der Waals surface area (Å²) < 4.78 is 33.8. The summed E-state index contributed by atoms with van der Waals surface area (Å²) in [6, 6.07) is 10.7. The molecular weight excluding hydrogens is 368 g/mol. The topological polar surface area (TPSA) is 68.5 Å². The van der Waals surface area contributed by atoms with Gasteiger partial charge in [0, 0.05) is 24.2 Å². The number of benzene rings is 2. The molecule has 0 unspecified atom stereocenters. The van der Waals surface area contributed by atoms with Gasteiger partial charge in [0.15, 0.2) is 11.6 Å². The monoisotopic (exact) mass is 383 g/mol. The number of aromatic nitrogens is 1. The Morgan fingerprint density at radius 3 is 2.39 bits per heavy atom. The number of ether oxygens (including phenoxy) is 1. The van der Waals surface area contributed by atoms with Crippen molar-refractivity contribution in [1.29, 1.82) is 0 Å². The van der Waals surface area contributed by atoms with E-state index in [0.717, 1.165) is 23.3 Å². The molecule has 1 aromatic heterocycles. The number of nitrogens with zero attached hydrogens (tertiary/aromatic N) is 1. The first kappa shape index (κ1) is 17.9. The summed E-state index contributed by atoms with van der Waals surface area (Å²) in [6.07, 6.45) is 0.324. The van der Waals surface area contributed by atoms with Gasteiger partial charge in [-0.2, -0.15) is 0 Å². The lowest BCUT2D eigenvalue weighted by molar-refractivity contribution is 0.0582. The van der Waals surface area contributed by atoms with Crippen LogP contribution in [0, 0.1) is 11.6 Å². The van der Waals surface area contributed by atoms with Crippen molar-refractivity contribution in [3.8, 4) is 11.3 Å². The van der Waals surface area contributed by atoms with Crippen LogP contribution in [-0.2, 0) is 17.7 Å². The lowest BCUT2D eigenvalue weighted by atomic mass is 9.97. The Bertz CT molecular complexity index is 1130. The summed E-state index contributed by atoms with van der Waals surface area (Å²) in [7, 11) is 1.17. The Balaban J connectivity index is 2.05. The zero-order valence-electron chi connectivity index (χ0n) is 14.8. The average Bonchev–Trinajstić information content (AvgIpc) is 3.02. The molecule has 0 atom stereocenters. The number of hydrogen-bond acceptors (Lipinski definition) is 3. The highest BCUT2D eigenvalue weighted by Gasteiger charge is 2.34. The number of carboxylic acid groups (broad SMARTS) is 1. The van der Waals surface area contributed by atoms with Gasteiger partial charge in [-0.15, -0.1) is 0 Å². The standard InChI is InChI=1S/C21H15F2NO4/c1-28-21(27)17-16-9-11-4-2-3-5-13(11)10-24(16)19(18(17)20(25)26)12-6-7-14(22)15(23)8-12/h2-8H,9-10H2,1H3,(H,25,26). The molecule has 4 rings (SSSR count). The molecule has 0 aliphatic carbocycles. The molecule has 142 valence electrons. The first-order valence-electron chi connectivity index (χ1n) is 8.51. The van der Waals surface area contributed by atoms with E-state index in [1.54, 1.807) is 4.57 Å². The highest BCUT2D eigenvalue weighted by Crippen LogP contribution is 2.38. The number of halogens is 2. The Labute approximate surface area is 158 Å². The smallest absolute Gasteiger partial charge is 0.340 e. The lowest BCUT2D eigenvalue weighted by Gasteiger charge is -2.22. The fourth-order valence-corrected chi connectivity index (χ4v) is 3.73. The lowest BCUT2D eigenvalue weighted by Crippen LogP contribution is -2.17. The van der Waals surface area contributed by atoms with Gasteiger partial charge in [0.1, 0.15) is 5.56 Å². The van der Waals surface area contributed by atoms with E-state index in [1.807, 2.05) is 24.3 Å². The number of fused-ring (bicyclic) bond motifs is 2. The molecule has 2 aromatic carbocycles. The molecule has 0 saturated carbocycles. The molecule has 0 bridgehead atoms. The number of aromatic carboxylic acids is 1. The number of carbonyl (C=O) groups excluding carboxylic acids is 1. The van der Waals surface area contributed by atoms with Crippen molar-refractivity contribution in [2.24, 2.45) is 0 Å². The second kappa shape index (κ2) is 6.60. The van der Waals surface area contributed by atoms with Crippen LogP contribution < -0.4 is 0 Å². The van der Waals surface area contributed by atoms with Crippen molar-refractivity contribution in [3.05, 3.63) is 82.0 Å². The SMILES string of the molecule is COC(=O)c1c(C(=O)O)c(-c2ccc(F)c(F)c2)n2c1Cc1ccccc1C2. The van der Waals surface area contributed by atoms with E-state index in [-0.39, 0.29) is 22.4 Å². The van der Waals surface area contributed by atoms with Crippen LogP contribution in [-0.4, -0.2) is 28.7 Å². The number of methoxy groups -OCH3 is 1. The zero-order chi connectivity index (χ0) is 20.0. The number of rotatable bonds is 3. The van der Waals surface area contributed by atoms with Crippen molar-refractivity contribution < 1.29 is 28.2 Å². The summed E-state index contributed by atoms with van der Waals surface area (Å²) in [5.74, 6) is -4.26. The second-order valence-corrected chi connectivity index (χ2v) is 6.50. The largest absolute Gasteiger partial charge is 0.478 e. The van der Waals surface area contributed by atoms with Crippen LogP contribution >= 0.6 is 0 Å². The predicted molar refractivity (Wildman–Crippen MR) is 96.4 cm³/mol. The molecule has 5 nitrogen and oxygen atoms in total. The molecule has 1 aliphatic rings. The number of esters is 1. The molecule has 28 heavy (non-hydrogen) atoms. The maximum absolute atomic E-state index is 13.9. The van der Waals surface area contributed by atoms with Gasteiger partial charge < -0.3 is 14.4 Å². The minimum atomic E-state index is -1.34. The van der Waals surface area contributed by atoms with Crippen molar-refractivity contribution in [3.63, 3.8) is 0 Å². The molecule has 2 heterocycles. The Kier molecular flexibility index (Phi) is 4.22. The third kappa shape index (κ3) is 2.67. The number of carbonyl (C=O) groups is 2. The zero-order valence-corrected chi connectivity index (χ0v) is 14.8. The van der Waals surface area contributed by atoms with Gasteiger partial charge in [0.2, 0.25) is 0 Å². The maximum atomic E-state index is 13.9. The molecule has 0 fully saturated rings. The Morgan fingerprint density at radius 2 is 1.75 bits per heavy atom. The summed E-state index contributed by atoms with van der Waals surface area (Å²) in [4.78, 5) is 24.5. The van der Waals surface area contributed by atoms with Gasteiger partial charge in [0.05, 0.1) is 18.4 Å². The van der Waals surface area contributed by atoms with Crippen molar-refractivity contribution in [2.75, 3.05) is 7.11 Å². The molecule has 3 aromatic rings. The third-order valence-corrected chi connectivity index (χ3v) is 4.97. The molecule has 1 aliphatic heterocycles. The van der Waals surface area contributed by atoms with E-state index in [0.29, 0.717) is 18.7 Å². The third-order valence-electron chi connectivity index (χ3n) is 4.97. The summed E-state index contributed by atoms with van der Waals surface area (Å²) in [5, 5.41) is 9.85. The van der Waals surface area contributed by atoms with Crippen LogP contribution in [0.1, 0.15) is 37.5 Å². The Morgan fingerprint density at radius 1 is 1.04 bits per heavy atom. The van der Waals surface area contributed by atoms with Crippen molar-refractivity contribution >= 4 is 11.9 Å². The average molecular weight is 383 g/mol. The number of carboxylic acids is 1. The summed E-state index contributed by atoms with van der Waals surface area (Å²) in [5.41, 5.74) is 2.38. The molecule has 1 N–H and O–H groups in total. The normalized spacial score (nSPS) is 12.2. The van der Waals surface area contributed by atoms with Gasteiger partial charge in [-0.25, -0.2) is 18.4 Å². The molecule has 0 radical (unpaired) electrons. The molecule has 0 amide bonds.